The first kappa shape index (κ1) is 14.5. The predicted molar refractivity (Wildman–Crippen MR) is 90.2 cm³/mol. The summed E-state index contributed by atoms with van der Waals surface area (Å²) in [6, 6.07) is 9.44. The van der Waals surface area contributed by atoms with Crippen molar-refractivity contribution in [1.29, 1.82) is 0 Å². The third kappa shape index (κ3) is 2.44. The van der Waals surface area contributed by atoms with E-state index in [0.29, 0.717) is 4.96 Å². The zero-order valence-electron chi connectivity index (χ0n) is 12.4. The number of carbonyl (C=O) groups is 1. The largest absolute Gasteiger partial charge is 0.457 e. The number of hydrogen-bond acceptors (Lipinski definition) is 6. The number of fused-ring (bicyclic) bond motifs is 2. The van der Waals surface area contributed by atoms with Crippen LogP contribution in [0.4, 0.5) is 0 Å². The molecular weight excluding hydrogens is 326 g/mol. The van der Waals surface area contributed by atoms with E-state index >= 15 is 0 Å². The summed E-state index contributed by atoms with van der Waals surface area (Å²) in [7, 11) is 0. The maximum absolute atomic E-state index is 12.3. The number of benzene rings is 1. The van der Waals surface area contributed by atoms with Crippen molar-refractivity contribution in [3.63, 3.8) is 0 Å². The van der Waals surface area contributed by atoms with Crippen LogP contribution in [-0.2, 0) is 11.3 Å². The van der Waals surface area contributed by atoms with Crippen molar-refractivity contribution in [2.45, 2.75) is 6.61 Å². The third-order valence-corrected chi connectivity index (χ3v) is 4.41. The number of nitrogens with zero attached hydrogens (tertiary/aromatic N) is 3. The predicted octanol–water partition coefficient (Wildman–Crippen LogP) is 2.66. The number of pyridine rings is 1. The fourth-order valence-corrected chi connectivity index (χ4v) is 3.14. The molecule has 3 heterocycles. The molecule has 6 nitrogen and oxygen atoms in total. The molecule has 0 unspecified atom stereocenters. The Kier molecular flexibility index (Phi) is 3.55. The van der Waals surface area contributed by atoms with E-state index in [2.05, 4.69) is 9.97 Å². The van der Waals surface area contributed by atoms with Gasteiger partial charge in [-0.05, 0) is 6.07 Å². The molecule has 24 heavy (non-hydrogen) atoms. The molecule has 0 aliphatic carbocycles. The van der Waals surface area contributed by atoms with E-state index in [9.17, 15) is 9.59 Å². The van der Waals surface area contributed by atoms with Gasteiger partial charge in [-0.1, -0.05) is 24.3 Å². The maximum atomic E-state index is 12.3. The first-order chi connectivity index (χ1) is 11.7. The summed E-state index contributed by atoms with van der Waals surface area (Å²) < 4.78 is 6.63. The van der Waals surface area contributed by atoms with E-state index in [0.717, 1.165) is 16.5 Å². The van der Waals surface area contributed by atoms with E-state index in [1.54, 1.807) is 17.8 Å². The molecular formula is C17H11N3O3S. The summed E-state index contributed by atoms with van der Waals surface area (Å²) in [6.45, 7) is 0.0406. The van der Waals surface area contributed by atoms with Gasteiger partial charge in [0.15, 0.2) is 4.96 Å². The van der Waals surface area contributed by atoms with E-state index < -0.39 is 11.5 Å². The molecule has 7 heteroatoms. The minimum absolute atomic E-state index is 0.0406. The summed E-state index contributed by atoms with van der Waals surface area (Å²) in [5.41, 5.74) is 1.04. The van der Waals surface area contributed by atoms with Crippen LogP contribution in [0.3, 0.4) is 0 Å². The normalized spacial score (nSPS) is 11.0. The van der Waals surface area contributed by atoms with Gasteiger partial charge in [0.05, 0.1) is 11.7 Å². The van der Waals surface area contributed by atoms with Gasteiger partial charge in [-0.3, -0.25) is 14.2 Å². The number of thiazole rings is 1. The molecule has 0 bridgehead atoms. The molecule has 1 aromatic carbocycles. The SMILES string of the molecule is O=C(OCc1cccc2cccnc12)c1cnc2sccn2c1=O. The quantitative estimate of drug-likeness (QED) is 0.537. The fraction of sp³-hybridized carbons (Fsp3) is 0.0588. The van der Waals surface area contributed by atoms with Gasteiger partial charge in [-0.2, -0.15) is 0 Å². The number of ether oxygens (including phenoxy) is 1. The molecule has 0 radical (unpaired) electrons. The smallest absolute Gasteiger partial charge is 0.345 e. The Morgan fingerprint density at radius 1 is 1.21 bits per heavy atom. The Labute approximate surface area is 140 Å². The monoisotopic (exact) mass is 337 g/mol. The van der Waals surface area contributed by atoms with Crippen molar-refractivity contribution in [2.75, 3.05) is 0 Å². The number of hydrogen-bond donors (Lipinski definition) is 0. The van der Waals surface area contributed by atoms with Crippen molar-refractivity contribution in [3.05, 3.63) is 75.8 Å². The lowest BCUT2D eigenvalue weighted by Crippen LogP contribution is -2.23. The van der Waals surface area contributed by atoms with E-state index in [4.69, 9.17) is 4.74 Å². The van der Waals surface area contributed by atoms with E-state index in [1.165, 1.54) is 21.9 Å². The van der Waals surface area contributed by atoms with Crippen LogP contribution in [-0.4, -0.2) is 20.3 Å². The Bertz CT molecular complexity index is 1110. The van der Waals surface area contributed by atoms with Gasteiger partial charge in [0, 0.05) is 28.7 Å². The lowest BCUT2D eigenvalue weighted by atomic mass is 10.1. The van der Waals surface area contributed by atoms with Gasteiger partial charge in [0.25, 0.3) is 5.56 Å². The number of esters is 1. The highest BCUT2D eigenvalue weighted by molar-refractivity contribution is 7.15. The molecule has 4 aromatic rings. The zero-order valence-corrected chi connectivity index (χ0v) is 13.2. The van der Waals surface area contributed by atoms with Gasteiger partial charge >= 0.3 is 5.97 Å². The van der Waals surface area contributed by atoms with Gasteiger partial charge in [0.1, 0.15) is 12.2 Å². The fourth-order valence-electron chi connectivity index (χ4n) is 2.47. The summed E-state index contributed by atoms with van der Waals surface area (Å²) in [5.74, 6) is -0.693. The molecule has 0 saturated heterocycles. The van der Waals surface area contributed by atoms with Crippen molar-refractivity contribution in [1.82, 2.24) is 14.4 Å². The highest BCUT2D eigenvalue weighted by Crippen LogP contribution is 2.17. The van der Waals surface area contributed by atoms with Crippen LogP contribution in [0.25, 0.3) is 15.9 Å². The lowest BCUT2D eigenvalue weighted by molar-refractivity contribution is 0.0471. The minimum atomic E-state index is -0.693. The van der Waals surface area contributed by atoms with Crippen molar-refractivity contribution < 1.29 is 9.53 Å². The second kappa shape index (κ2) is 5.86. The average Bonchev–Trinajstić information content (AvgIpc) is 3.09. The second-order valence-corrected chi connectivity index (χ2v) is 5.97. The summed E-state index contributed by atoms with van der Waals surface area (Å²) in [4.78, 5) is 33.5. The molecule has 118 valence electrons. The molecule has 0 aliphatic rings. The summed E-state index contributed by atoms with van der Waals surface area (Å²) in [5, 5.41) is 2.70. The summed E-state index contributed by atoms with van der Waals surface area (Å²) >= 11 is 1.33. The average molecular weight is 337 g/mol. The lowest BCUT2D eigenvalue weighted by Gasteiger charge is -2.07. The number of para-hydroxylation sites is 1. The Morgan fingerprint density at radius 2 is 2.08 bits per heavy atom. The standard InChI is InChI=1S/C17H11N3O3S/c21-15-13(9-19-17-20(15)7-8-24-17)16(22)23-10-12-4-1-3-11-5-2-6-18-14(11)12/h1-9H,10H2. The number of carbonyl (C=O) groups excluding carboxylic acids is 1. The topological polar surface area (TPSA) is 73.6 Å². The Balaban J connectivity index is 1.61. The highest BCUT2D eigenvalue weighted by Gasteiger charge is 2.16. The van der Waals surface area contributed by atoms with Crippen LogP contribution in [0, 0.1) is 0 Å². The molecule has 0 saturated carbocycles. The first-order valence-electron chi connectivity index (χ1n) is 7.18. The minimum Gasteiger partial charge on any atom is -0.457 e. The van der Waals surface area contributed by atoms with Crippen molar-refractivity contribution >= 4 is 33.2 Å². The Morgan fingerprint density at radius 3 is 3.00 bits per heavy atom. The van der Waals surface area contributed by atoms with Crippen LogP contribution in [0.15, 0.2) is 59.1 Å². The maximum Gasteiger partial charge on any atom is 0.345 e. The van der Waals surface area contributed by atoms with Crippen LogP contribution < -0.4 is 5.56 Å². The zero-order chi connectivity index (χ0) is 16.5. The van der Waals surface area contributed by atoms with Gasteiger partial charge in [-0.15, -0.1) is 11.3 Å². The van der Waals surface area contributed by atoms with Crippen molar-refractivity contribution in [3.8, 4) is 0 Å². The van der Waals surface area contributed by atoms with Gasteiger partial charge in [0.2, 0.25) is 0 Å². The van der Waals surface area contributed by atoms with Crippen LogP contribution in [0.2, 0.25) is 0 Å². The third-order valence-electron chi connectivity index (χ3n) is 3.64. The molecule has 4 rings (SSSR count). The van der Waals surface area contributed by atoms with Gasteiger partial charge in [-0.25, -0.2) is 9.78 Å². The molecule has 0 atom stereocenters. The molecule has 0 amide bonds. The number of aromatic nitrogens is 3. The Hall–Kier alpha value is -3.06. The molecule has 0 N–H and O–H groups in total. The van der Waals surface area contributed by atoms with Crippen LogP contribution in [0.1, 0.15) is 15.9 Å². The first-order valence-corrected chi connectivity index (χ1v) is 8.06. The van der Waals surface area contributed by atoms with E-state index in [-0.39, 0.29) is 12.2 Å². The number of rotatable bonds is 3. The summed E-state index contributed by atoms with van der Waals surface area (Å²) in [6.07, 6.45) is 4.53. The van der Waals surface area contributed by atoms with Gasteiger partial charge < -0.3 is 4.74 Å². The van der Waals surface area contributed by atoms with Crippen LogP contribution in [0.5, 0.6) is 0 Å². The van der Waals surface area contributed by atoms with Crippen LogP contribution >= 0.6 is 11.3 Å². The molecule has 0 aliphatic heterocycles. The highest BCUT2D eigenvalue weighted by atomic mass is 32.1. The molecule has 0 spiro atoms. The second-order valence-electron chi connectivity index (χ2n) is 5.10. The molecule has 3 aromatic heterocycles. The van der Waals surface area contributed by atoms with Crippen molar-refractivity contribution in [2.24, 2.45) is 0 Å². The van der Waals surface area contributed by atoms with E-state index in [1.807, 2.05) is 30.3 Å². The molecule has 0 fully saturated rings.